The first-order valence-corrected chi connectivity index (χ1v) is 10.9. The van der Waals surface area contributed by atoms with Crippen molar-refractivity contribution in [1.29, 1.82) is 0 Å². The molecule has 0 bridgehead atoms. The summed E-state index contributed by atoms with van der Waals surface area (Å²) >= 11 is 0. The number of nitrogens with zero attached hydrogens (tertiary/aromatic N) is 2. The summed E-state index contributed by atoms with van der Waals surface area (Å²) in [6.45, 7) is 7.79. The Morgan fingerprint density at radius 1 is 1.20 bits per heavy atom. The van der Waals surface area contributed by atoms with Gasteiger partial charge in [-0.15, -0.1) is 0 Å². The van der Waals surface area contributed by atoms with E-state index in [1.165, 1.54) is 10.7 Å². The largest absolute Gasteiger partial charge is 0.507 e. The molecule has 1 saturated carbocycles. The minimum absolute atomic E-state index is 0.00533. The molecule has 0 spiro atoms. The third-order valence-corrected chi connectivity index (χ3v) is 5.76. The topological polar surface area (TPSA) is 96.3 Å². The number of anilines is 1. The van der Waals surface area contributed by atoms with E-state index in [0.717, 1.165) is 37.8 Å². The van der Waals surface area contributed by atoms with Crippen LogP contribution in [0.5, 0.6) is 5.75 Å². The predicted molar refractivity (Wildman–Crippen MR) is 118 cm³/mol. The van der Waals surface area contributed by atoms with E-state index in [2.05, 4.69) is 15.7 Å². The lowest BCUT2D eigenvalue weighted by atomic mass is 9.82. The van der Waals surface area contributed by atoms with Gasteiger partial charge >= 0.3 is 6.03 Å². The van der Waals surface area contributed by atoms with Crippen LogP contribution in [0.3, 0.4) is 0 Å². The van der Waals surface area contributed by atoms with Gasteiger partial charge in [0.1, 0.15) is 5.75 Å². The Labute approximate surface area is 177 Å². The molecule has 0 aliphatic heterocycles. The van der Waals surface area contributed by atoms with Crippen LogP contribution in [-0.2, 0) is 4.79 Å². The van der Waals surface area contributed by atoms with Crippen LogP contribution in [-0.4, -0.2) is 32.9 Å². The molecule has 3 N–H and O–H groups in total. The van der Waals surface area contributed by atoms with Crippen LogP contribution < -0.4 is 10.6 Å². The Bertz CT molecular complexity index is 911. The molecule has 7 nitrogen and oxygen atoms in total. The van der Waals surface area contributed by atoms with Crippen molar-refractivity contribution in [3.05, 3.63) is 30.0 Å². The molecule has 3 rings (SSSR count). The maximum absolute atomic E-state index is 12.6. The standard InChI is InChI=1S/C23H32N4O3/c1-5-15(6-2)22(29)25-17-10-11-18(21(28)12-17)19-13-20(16-8-7-9-16)27(26-19)23(30)24-14(3)4/h10-16,28H,5-9H2,1-4H3,(H,24,30)(H,25,29). The lowest BCUT2D eigenvalue weighted by molar-refractivity contribution is -0.120. The number of phenols is 1. The maximum atomic E-state index is 12.6. The summed E-state index contributed by atoms with van der Waals surface area (Å²) in [4.78, 5) is 24.9. The number of carbonyl (C=O) groups is 2. The van der Waals surface area contributed by atoms with Crippen LogP contribution in [0.2, 0.25) is 0 Å². The van der Waals surface area contributed by atoms with E-state index >= 15 is 0 Å². The molecule has 0 atom stereocenters. The Kier molecular flexibility index (Phi) is 6.80. The van der Waals surface area contributed by atoms with Crippen molar-refractivity contribution in [2.75, 3.05) is 5.32 Å². The van der Waals surface area contributed by atoms with Gasteiger partial charge in [-0.2, -0.15) is 9.78 Å². The Morgan fingerprint density at radius 3 is 2.43 bits per heavy atom. The van der Waals surface area contributed by atoms with Crippen molar-refractivity contribution < 1.29 is 14.7 Å². The van der Waals surface area contributed by atoms with Gasteiger partial charge in [0, 0.05) is 35.2 Å². The number of phenolic OH excluding ortho intramolecular Hbond substituents is 1. The molecule has 7 heteroatoms. The molecule has 30 heavy (non-hydrogen) atoms. The Balaban J connectivity index is 1.87. The van der Waals surface area contributed by atoms with Crippen LogP contribution in [0.1, 0.15) is 71.4 Å². The molecule has 1 aliphatic rings. The van der Waals surface area contributed by atoms with Crippen LogP contribution in [0.4, 0.5) is 10.5 Å². The maximum Gasteiger partial charge on any atom is 0.342 e. The summed E-state index contributed by atoms with van der Waals surface area (Å²) in [5, 5.41) is 20.9. The average molecular weight is 413 g/mol. The van der Waals surface area contributed by atoms with Gasteiger partial charge in [0.2, 0.25) is 5.91 Å². The molecular weight excluding hydrogens is 380 g/mol. The van der Waals surface area contributed by atoms with Gasteiger partial charge in [-0.3, -0.25) is 4.79 Å². The molecule has 0 radical (unpaired) electrons. The van der Waals surface area contributed by atoms with Crippen LogP contribution in [0.15, 0.2) is 24.3 Å². The fourth-order valence-corrected chi connectivity index (χ4v) is 3.72. The lowest BCUT2D eigenvalue weighted by Crippen LogP contribution is -2.36. The minimum atomic E-state index is -0.258. The van der Waals surface area contributed by atoms with Crippen molar-refractivity contribution in [1.82, 2.24) is 15.1 Å². The van der Waals surface area contributed by atoms with Crippen molar-refractivity contribution in [2.45, 2.75) is 71.8 Å². The number of hydrogen-bond donors (Lipinski definition) is 3. The van der Waals surface area contributed by atoms with Crippen LogP contribution >= 0.6 is 0 Å². The Hall–Kier alpha value is -2.83. The second-order valence-corrected chi connectivity index (χ2v) is 8.33. The fourth-order valence-electron chi connectivity index (χ4n) is 3.72. The number of amides is 2. The van der Waals surface area contributed by atoms with Gasteiger partial charge < -0.3 is 15.7 Å². The summed E-state index contributed by atoms with van der Waals surface area (Å²) < 4.78 is 1.43. The summed E-state index contributed by atoms with van der Waals surface area (Å²) in [6.07, 6.45) is 4.76. The molecule has 2 amide bonds. The fraction of sp³-hybridized carbons (Fsp3) is 0.522. The van der Waals surface area contributed by atoms with Crippen molar-refractivity contribution in [2.24, 2.45) is 5.92 Å². The quantitative estimate of drug-likeness (QED) is 0.605. The normalized spacial score (nSPS) is 14.1. The van der Waals surface area contributed by atoms with Crippen molar-refractivity contribution in [3.8, 4) is 17.0 Å². The van der Waals surface area contributed by atoms with E-state index < -0.39 is 0 Å². The first kappa shape index (κ1) is 21.9. The summed E-state index contributed by atoms with van der Waals surface area (Å²) in [7, 11) is 0. The minimum Gasteiger partial charge on any atom is -0.507 e. The number of hydrogen-bond acceptors (Lipinski definition) is 4. The monoisotopic (exact) mass is 412 g/mol. The highest BCUT2D eigenvalue weighted by molar-refractivity contribution is 5.93. The highest BCUT2D eigenvalue weighted by Gasteiger charge is 2.28. The van der Waals surface area contributed by atoms with Gasteiger partial charge in [-0.1, -0.05) is 20.3 Å². The predicted octanol–water partition coefficient (Wildman–Crippen LogP) is 4.86. The smallest absolute Gasteiger partial charge is 0.342 e. The summed E-state index contributed by atoms with van der Waals surface area (Å²) in [6, 6.07) is 6.66. The highest BCUT2D eigenvalue weighted by atomic mass is 16.3. The van der Waals surface area contributed by atoms with Gasteiger partial charge in [0.05, 0.1) is 11.4 Å². The average Bonchev–Trinajstić information content (AvgIpc) is 3.05. The first-order chi connectivity index (χ1) is 14.3. The zero-order valence-electron chi connectivity index (χ0n) is 18.2. The summed E-state index contributed by atoms with van der Waals surface area (Å²) in [5.41, 5.74) is 2.50. The molecular formula is C23H32N4O3. The third-order valence-electron chi connectivity index (χ3n) is 5.76. The molecule has 0 unspecified atom stereocenters. The molecule has 2 aromatic rings. The van der Waals surface area contributed by atoms with E-state index in [9.17, 15) is 14.7 Å². The lowest BCUT2D eigenvalue weighted by Gasteiger charge is -2.25. The second-order valence-electron chi connectivity index (χ2n) is 8.33. The van der Waals surface area contributed by atoms with Gasteiger partial charge in [-0.25, -0.2) is 4.79 Å². The van der Waals surface area contributed by atoms with Crippen LogP contribution in [0, 0.1) is 5.92 Å². The molecule has 1 heterocycles. The zero-order valence-corrected chi connectivity index (χ0v) is 18.2. The number of rotatable bonds is 7. The highest BCUT2D eigenvalue weighted by Crippen LogP contribution is 2.39. The third kappa shape index (κ3) is 4.66. The zero-order chi connectivity index (χ0) is 21.8. The SMILES string of the molecule is CCC(CC)C(=O)Nc1ccc(-c2cc(C3CCC3)n(C(=O)NC(C)C)n2)c(O)c1. The van der Waals surface area contributed by atoms with Crippen molar-refractivity contribution >= 4 is 17.6 Å². The number of aromatic hydroxyl groups is 1. The van der Waals surface area contributed by atoms with E-state index in [0.29, 0.717) is 22.9 Å². The van der Waals surface area contributed by atoms with Gasteiger partial charge in [0.25, 0.3) is 0 Å². The van der Waals surface area contributed by atoms with Crippen molar-refractivity contribution in [3.63, 3.8) is 0 Å². The number of aromatic nitrogens is 2. The van der Waals surface area contributed by atoms with Gasteiger partial charge in [0.15, 0.2) is 0 Å². The number of benzene rings is 1. The molecule has 1 aromatic heterocycles. The second kappa shape index (κ2) is 9.32. The summed E-state index contributed by atoms with van der Waals surface area (Å²) in [5.74, 6) is 0.234. The molecule has 1 aromatic carbocycles. The molecule has 162 valence electrons. The molecule has 1 aliphatic carbocycles. The molecule has 1 fully saturated rings. The van der Waals surface area contributed by atoms with Crippen LogP contribution in [0.25, 0.3) is 11.3 Å². The van der Waals surface area contributed by atoms with E-state index in [4.69, 9.17) is 0 Å². The Morgan fingerprint density at radius 2 is 1.90 bits per heavy atom. The number of nitrogens with one attached hydrogen (secondary N) is 2. The first-order valence-electron chi connectivity index (χ1n) is 10.9. The van der Waals surface area contributed by atoms with E-state index in [1.807, 2.05) is 33.8 Å². The number of carbonyl (C=O) groups excluding carboxylic acids is 2. The van der Waals surface area contributed by atoms with E-state index in [1.54, 1.807) is 12.1 Å². The molecule has 0 saturated heterocycles. The van der Waals surface area contributed by atoms with Gasteiger partial charge in [-0.05, 0) is 57.7 Å². The van der Waals surface area contributed by atoms with E-state index in [-0.39, 0.29) is 29.6 Å².